The van der Waals surface area contributed by atoms with Crippen LogP contribution in [0.1, 0.15) is 30.1 Å². The number of amides is 1. The number of anilines is 1. The Morgan fingerprint density at radius 2 is 1.90 bits per heavy atom. The van der Waals surface area contributed by atoms with Gasteiger partial charge in [-0.05, 0) is 49.1 Å². The number of halogens is 1. The monoisotopic (exact) mass is 432 g/mol. The molecule has 0 aromatic heterocycles. The summed E-state index contributed by atoms with van der Waals surface area (Å²) in [5.74, 6) is 0.468. The number of benzene rings is 2. The fourth-order valence-electron chi connectivity index (χ4n) is 3.41. The summed E-state index contributed by atoms with van der Waals surface area (Å²) in [6.07, 6.45) is 3.43. The molecule has 5 nitrogen and oxygen atoms in total. The highest BCUT2D eigenvalue weighted by Crippen LogP contribution is 2.30. The maximum Gasteiger partial charge on any atom is 0.264 e. The van der Waals surface area contributed by atoms with Gasteiger partial charge in [0, 0.05) is 18.7 Å². The number of para-hydroxylation sites is 1. The summed E-state index contributed by atoms with van der Waals surface area (Å²) in [6.45, 7) is 7.30. The zero-order chi connectivity index (χ0) is 21.0. The Hall–Kier alpha value is -2.31. The number of nitrogens with zero attached hydrogens (tertiary/aromatic N) is 2. The molecule has 154 valence electrons. The van der Waals surface area contributed by atoms with Gasteiger partial charge in [0.15, 0.2) is 0 Å². The van der Waals surface area contributed by atoms with Crippen molar-refractivity contribution >= 4 is 33.2 Å². The maximum absolute atomic E-state index is 13.4. The molecule has 2 aromatic carbocycles. The lowest BCUT2D eigenvalue weighted by Gasteiger charge is -2.30. The van der Waals surface area contributed by atoms with E-state index in [4.69, 9.17) is 11.6 Å². The second-order valence-electron chi connectivity index (χ2n) is 7.28. The Morgan fingerprint density at radius 3 is 2.55 bits per heavy atom. The van der Waals surface area contributed by atoms with Gasteiger partial charge in [-0.1, -0.05) is 42.8 Å². The standard InChI is InChI=1S/C22H25ClN2O3S/c1-3-13-25(21-10-5-4-9-20(21)23)29(27,28)19-8-6-7-18(16-19)22(26)24-14-11-17(2)12-15-24/h3-10,16-17H,1,11-15H2,2H3. The highest BCUT2D eigenvalue weighted by atomic mass is 35.5. The molecule has 2 aromatic rings. The van der Waals surface area contributed by atoms with Crippen molar-refractivity contribution in [2.24, 2.45) is 5.92 Å². The molecule has 0 bridgehead atoms. The Bertz CT molecular complexity index is 999. The molecule has 0 unspecified atom stereocenters. The van der Waals surface area contributed by atoms with Crippen LogP contribution in [0.15, 0.2) is 66.1 Å². The van der Waals surface area contributed by atoms with Gasteiger partial charge in [0.1, 0.15) is 0 Å². The predicted molar refractivity (Wildman–Crippen MR) is 117 cm³/mol. The van der Waals surface area contributed by atoms with Crippen LogP contribution in [0.3, 0.4) is 0 Å². The fourth-order valence-corrected chi connectivity index (χ4v) is 5.20. The van der Waals surface area contributed by atoms with Crippen molar-refractivity contribution in [1.82, 2.24) is 4.90 Å². The lowest BCUT2D eigenvalue weighted by atomic mass is 9.98. The van der Waals surface area contributed by atoms with Crippen LogP contribution < -0.4 is 4.31 Å². The van der Waals surface area contributed by atoms with Crippen LogP contribution in [0, 0.1) is 5.92 Å². The number of carbonyl (C=O) groups is 1. The second-order valence-corrected chi connectivity index (χ2v) is 9.55. The minimum Gasteiger partial charge on any atom is -0.339 e. The van der Waals surface area contributed by atoms with Gasteiger partial charge in [0.05, 0.1) is 22.2 Å². The molecule has 1 fully saturated rings. The van der Waals surface area contributed by atoms with E-state index in [1.165, 1.54) is 22.5 Å². The van der Waals surface area contributed by atoms with Gasteiger partial charge in [-0.3, -0.25) is 9.10 Å². The average Bonchev–Trinajstić information content (AvgIpc) is 2.73. The summed E-state index contributed by atoms with van der Waals surface area (Å²) in [7, 11) is -3.93. The number of rotatable bonds is 6. The third-order valence-corrected chi connectivity index (χ3v) is 7.25. The predicted octanol–water partition coefficient (Wildman–Crippen LogP) is 4.59. The summed E-state index contributed by atoms with van der Waals surface area (Å²) in [5.41, 5.74) is 0.745. The topological polar surface area (TPSA) is 57.7 Å². The van der Waals surface area contributed by atoms with Crippen LogP contribution in [-0.2, 0) is 10.0 Å². The van der Waals surface area contributed by atoms with Crippen molar-refractivity contribution in [2.45, 2.75) is 24.7 Å². The van der Waals surface area contributed by atoms with Crippen LogP contribution in [0.4, 0.5) is 5.69 Å². The number of hydrogen-bond acceptors (Lipinski definition) is 3. The van der Waals surface area contributed by atoms with Crippen molar-refractivity contribution in [2.75, 3.05) is 23.9 Å². The molecule has 0 radical (unpaired) electrons. The van der Waals surface area contributed by atoms with E-state index >= 15 is 0 Å². The van der Waals surface area contributed by atoms with Crippen molar-refractivity contribution < 1.29 is 13.2 Å². The molecule has 0 aliphatic carbocycles. The normalized spacial score (nSPS) is 15.2. The quantitative estimate of drug-likeness (QED) is 0.627. The van der Waals surface area contributed by atoms with Gasteiger partial charge < -0.3 is 4.90 Å². The number of sulfonamides is 1. The highest BCUT2D eigenvalue weighted by molar-refractivity contribution is 7.92. The minimum absolute atomic E-state index is 0.0514. The van der Waals surface area contributed by atoms with E-state index in [2.05, 4.69) is 13.5 Å². The molecule has 1 heterocycles. The average molecular weight is 433 g/mol. The van der Waals surface area contributed by atoms with E-state index in [9.17, 15) is 13.2 Å². The van der Waals surface area contributed by atoms with Crippen molar-refractivity contribution in [1.29, 1.82) is 0 Å². The van der Waals surface area contributed by atoms with Crippen LogP contribution in [-0.4, -0.2) is 38.9 Å². The molecule has 1 saturated heterocycles. The second kappa shape index (κ2) is 9.01. The molecule has 0 saturated carbocycles. The molecule has 1 aliphatic rings. The van der Waals surface area contributed by atoms with E-state index in [1.807, 2.05) is 0 Å². The molecule has 29 heavy (non-hydrogen) atoms. The SMILES string of the molecule is C=CCN(c1ccccc1Cl)S(=O)(=O)c1cccc(C(=O)N2CCC(C)CC2)c1. The summed E-state index contributed by atoms with van der Waals surface area (Å²) in [4.78, 5) is 14.7. The molecule has 1 aliphatic heterocycles. The summed E-state index contributed by atoms with van der Waals surface area (Å²) in [5, 5.41) is 0.326. The van der Waals surface area contributed by atoms with Crippen molar-refractivity contribution in [3.8, 4) is 0 Å². The lowest BCUT2D eigenvalue weighted by molar-refractivity contribution is 0.0697. The first-order valence-electron chi connectivity index (χ1n) is 9.62. The largest absolute Gasteiger partial charge is 0.339 e. The number of likely N-dealkylation sites (tertiary alicyclic amines) is 1. The molecule has 0 N–H and O–H groups in total. The van der Waals surface area contributed by atoms with Crippen LogP contribution in [0.25, 0.3) is 0 Å². The first-order chi connectivity index (χ1) is 13.8. The third kappa shape index (κ3) is 4.65. The Balaban J connectivity index is 1.94. The molecular weight excluding hydrogens is 408 g/mol. The number of hydrogen-bond donors (Lipinski definition) is 0. The molecule has 0 spiro atoms. The number of carbonyl (C=O) groups excluding carboxylic acids is 1. The molecule has 1 amide bonds. The molecule has 3 rings (SSSR count). The summed E-state index contributed by atoms with van der Waals surface area (Å²) >= 11 is 6.24. The van der Waals surface area contributed by atoms with E-state index in [0.717, 1.165) is 12.8 Å². The Kier molecular flexibility index (Phi) is 6.65. The van der Waals surface area contributed by atoms with E-state index in [0.29, 0.717) is 35.3 Å². The Labute approximate surface area is 177 Å². The third-order valence-electron chi connectivity index (χ3n) is 5.16. The first-order valence-corrected chi connectivity index (χ1v) is 11.4. The Morgan fingerprint density at radius 1 is 1.21 bits per heavy atom. The molecular formula is C22H25ClN2O3S. The van der Waals surface area contributed by atoms with Crippen LogP contribution in [0.2, 0.25) is 5.02 Å². The van der Waals surface area contributed by atoms with Gasteiger partial charge in [-0.2, -0.15) is 0 Å². The van der Waals surface area contributed by atoms with Gasteiger partial charge >= 0.3 is 0 Å². The minimum atomic E-state index is -3.93. The fraction of sp³-hybridized carbons (Fsp3) is 0.318. The zero-order valence-corrected chi connectivity index (χ0v) is 18.0. The van der Waals surface area contributed by atoms with Gasteiger partial charge in [-0.25, -0.2) is 8.42 Å². The van der Waals surface area contributed by atoms with E-state index < -0.39 is 10.0 Å². The summed E-state index contributed by atoms with van der Waals surface area (Å²) in [6, 6.07) is 13.0. The van der Waals surface area contributed by atoms with Gasteiger partial charge in [-0.15, -0.1) is 6.58 Å². The zero-order valence-electron chi connectivity index (χ0n) is 16.4. The lowest BCUT2D eigenvalue weighted by Crippen LogP contribution is -2.38. The van der Waals surface area contributed by atoms with E-state index in [1.54, 1.807) is 41.3 Å². The first kappa shape index (κ1) is 21.4. The van der Waals surface area contributed by atoms with Crippen LogP contribution >= 0.6 is 11.6 Å². The number of piperidine rings is 1. The maximum atomic E-state index is 13.4. The summed E-state index contributed by atoms with van der Waals surface area (Å²) < 4.78 is 27.9. The molecule has 7 heteroatoms. The van der Waals surface area contributed by atoms with Crippen LogP contribution in [0.5, 0.6) is 0 Å². The van der Waals surface area contributed by atoms with E-state index in [-0.39, 0.29) is 17.3 Å². The van der Waals surface area contributed by atoms with Crippen molar-refractivity contribution in [3.05, 3.63) is 71.8 Å². The van der Waals surface area contributed by atoms with Crippen molar-refractivity contribution in [3.63, 3.8) is 0 Å². The molecule has 0 atom stereocenters. The van der Waals surface area contributed by atoms with Gasteiger partial charge in [0.2, 0.25) is 0 Å². The van der Waals surface area contributed by atoms with Gasteiger partial charge in [0.25, 0.3) is 15.9 Å². The smallest absolute Gasteiger partial charge is 0.264 e. The highest BCUT2D eigenvalue weighted by Gasteiger charge is 2.27.